The minimum atomic E-state index is -0.117. The van der Waals surface area contributed by atoms with Crippen molar-refractivity contribution in [3.05, 3.63) is 59.9 Å². The lowest BCUT2D eigenvalue weighted by atomic mass is 10.2. The van der Waals surface area contributed by atoms with Gasteiger partial charge in [-0.15, -0.1) is 0 Å². The molecule has 19 heavy (non-hydrogen) atoms. The predicted molar refractivity (Wildman–Crippen MR) is 76.8 cm³/mol. The molecular weight excluding hydrogens is 257 g/mol. The maximum atomic E-state index is 14.0. The van der Waals surface area contributed by atoms with Gasteiger partial charge in [0.25, 0.3) is 0 Å². The van der Waals surface area contributed by atoms with Crippen LogP contribution in [0.15, 0.2) is 58.3 Å². The molecule has 0 saturated heterocycles. The quantitative estimate of drug-likeness (QED) is 0.875. The molecule has 0 spiro atoms. The third-order valence-corrected chi connectivity index (χ3v) is 4.30. The van der Waals surface area contributed by atoms with Crippen LogP contribution in [0.2, 0.25) is 0 Å². The van der Waals surface area contributed by atoms with E-state index in [0.29, 0.717) is 12.6 Å². The van der Waals surface area contributed by atoms with Gasteiger partial charge in [-0.25, -0.2) is 4.39 Å². The van der Waals surface area contributed by atoms with Gasteiger partial charge in [-0.05, 0) is 37.1 Å². The van der Waals surface area contributed by atoms with Crippen molar-refractivity contribution in [3.8, 4) is 0 Å². The smallest absolute Gasteiger partial charge is 0.128 e. The van der Waals surface area contributed by atoms with Crippen molar-refractivity contribution < 1.29 is 4.39 Å². The fourth-order valence-corrected chi connectivity index (χ4v) is 2.94. The van der Waals surface area contributed by atoms with E-state index in [9.17, 15) is 4.39 Å². The average molecular weight is 273 g/mol. The Balaban J connectivity index is 1.80. The molecule has 1 nitrogen and oxygen atoms in total. The molecule has 0 aliphatic heterocycles. The van der Waals surface area contributed by atoms with Crippen molar-refractivity contribution in [1.82, 2.24) is 5.32 Å². The van der Waals surface area contributed by atoms with E-state index in [1.54, 1.807) is 23.9 Å². The van der Waals surface area contributed by atoms with E-state index in [1.807, 2.05) is 36.4 Å². The lowest BCUT2D eigenvalue weighted by molar-refractivity contribution is 0.579. The molecule has 2 aromatic carbocycles. The average Bonchev–Trinajstić information content (AvgIpc) is 3.23. The van der Waals surface area contributed by atoms with Gasteiger partial charge >= 0.3 is 0 Å². The minimum absolute atomic E-state index is 0.117. The largest absolute Gasteiger partial charge is 0.310 e. The van der Waals surface area contributed by atoms with Gasteiger partial charge in [0.1, 0.15) is 5.82 Å². The second-order valence-electron chi connectivity index (χ2n) is 4.79. The number of benzene rings is 2. The van der Waals surface area contributed by atoms with Gasteiger partial charge in [-0.3, -0.25) is 0 Å². The van der Waals surface area contributed by atoms with Crippen molar-refractivity contribution in [3.63, 3.8) is 0 Å². The summed E-state index contributed by atoms with van der Waals surface area (Å²) in [6, 6.07) is 16.0. The summed E-state index contributed by atoms with van der Waals surface area (Å²) >= 11 is 1.62. The van der Waals surface area contributed by atoms with Crippen LogP contribution in [0.1, 0.15) is 18.4 Å². The highest BCUT2D eigenvalue weighted by Gasteiger charge is 2.21. The Morgan fingerprint density at radius 1 is 1.05 bits per heavy atom. The van der Waals surface area contributed by atoms with Crippen molar-refractivity contribution in [2.75, 3.05) is 0 Å². The monoisotopic (exact) mass is 273 g/mol. The lowest BCUT2D eigenvalue weighted by Crippen LogP contribution is -2.16. The summed E-state index contributed by atoms with van der Waals surface area (Å²) in [5, 5.41) is 3.39. The molecular formula is C16H16FNS. The van der Waals surface area contributed by atoms with Crippen molar-refractivity contribution >= 4 is 11.8 Å². The fraction of sp³-hybridized carbons (Fsp3) is 0.250. The van der Waals surface area contributed by atoms with Crippen LogP contribution < -0.4 is 5.32 Å². The first-order valence-corrected chi connectivity index (χ1v) is 7.38. The van der Waals surface area contributed by atoms with Crippen molar-refractivity contribution in [2.45, 2.75) is 35.2 Å². The Kier molecular flexibility index (Phi) is 3.85. The van der Waals surface area contributed by atoms with E-state index in [2.05, 4.69) is 5.32 Å². The van der Waals surface area contributed by atoms with Crippen LogP contribution in [0.3, 0.4) is 0 Å². The van der Waals surface area contributed by atoms with E-state index < -0.39 is 0 Å². The van der Waals surface area contributed by atoms with Gasteiger partial charge in [0.2, 0.25) is 0 Å². The Morgan fingerprint density at radius 2 is 1.84 bits per heavy atom. The van der Waals surface area contributed by atoms with E-state index in [1.165, 1.54) is 12.8 Å². The summed E-state index contributed by atoms with van der Waals surface area (Å²) in [7, 11) is 0. The second kappa shape index (κ2) is 5.76. The van der Waals surface area contributed by atoms with Crippen LogP contribution in [-0.2, 0) is 6.54 Å². The summed E-state index contributed by atoms with van der Waals surface area (Å²) in [4.78, 5) is 2.14. The highest BCUT2D eigenvalue weighted by molar-refractivity contribution is 7.99. The lowest BCUT2D eigenvalue weighted by Gasteiger charge is -2.11. The summed E-state index contributed by atoms with van der Waals surface area (Å²) in [6.45, 7) is 0.618. The standard InChI is InChI=1S/C16H16FNS/c17-15-7-4-8-16(14(15)11-18-12-9-10-12)19-13-5-2-1-3-6-13/h1-8,12,18H,9-11H2. The maximum Gasteiger partial charge on any atom is 0.128 e. The van der Waals surface area contributed by atoms with Crippen molar-refractivity contribution in [1.29, 1.82) is 0 Å². The molecule has 3 rings (SSSR count). The van der Waals surface area contributed by atoms with Gasteiger partial charge in [0.15, 0.2) is 0 Å². The Bertz CT molecular complexity index is 552. The molecule has 1 aliphatic rings. The zero-order valence-corrected chi connectivity index (χ0v) is 11.4. The number of hydrogen-bond donors (Lipinski definition) is 1. The number of hydrogen-bond acceptors (Lipinski definition) is 2. The number of nitrogens with one attached hydrogen (secondary N) is 1. The van der Waals surface area contributed by atoms with Gasteiger partial charge in [-0.1, -0.05) is 36.0 Å². The third-order valence-electron chi connectivity index (χ3n) is 3.19. The molecule has 0 aromatic heterocycles. The van der Waals surface area contributed by atoms with Crippen LogP contribution in [0.25, 0.3) is 0 Å². The molecule has 0 atom stereocenters. The molecule has 1 aliphatic carbocycles. The number of halogens is 1. The normalized spacial score (nSPS) is 14.6. The molecule has 0 radical (unpaired) electrons. The SMILES string of the molecule is Fc1cccc(Sc2ccccc2)c1CNC1CC1. The molecule has 1 fully saturated rings. The zero-order chi connectivity index (χ0) is 13.1. The first-order valence-electron chi connectivity index (χ1n) is 6.56. The second-order valence-corrected chi connectivity index (χ2v) is 5.90. The molecule has 3 heteroatoms. The molecule has 98 valence electrons. The van der Waals surface area contributed by atoms with Gasteiger partial charge < -0.3 is 5.32 Å². The van der Waals surface area contributed by atoms with Crippen molar-refractivity contribution in [2.24, 2.45) is 0 Å². The van der Waals surface area contributed by atoms with Gasteiger partial charge in [0, 0.05) is 27.9 Å². The van der Waals surface area contributed by atoms with Crippen LogP contribution >= 0.6 is 11.8 Å². The summed E-state index contributed by atoms with van der Waals surface area (Å²) in [5.74, 6) is -0.117. The maximum absolute atomic E-state index is 14.0. The first-order chi connectivity index (χ1) is 9.33. The Morgan fingerprint density at radius 3 is 2.58 bits per heavy atom. The van der Waals surface area contributed by atoms with Gasteiger partial charge in [-0.2, -0.15) is 0 Å². The molecule has 0 amide bonds. The van der Waals surface area contributed by atoms with E-state index in [0.717, 1.165) is 15.4 Å². The van der Waals surface area contributed by atoms with Gasteiger partial charge in [0.05, 0.1) is 0 Å². The highest BCUT2D eigenvalue weighted by Crippen LogP contribution is 2.32. The van der Waals surface area contributed by atoms with Crippen LogP contribution in [0, 0.1) is 5.82 Å². The topological polar surface area (TPSA) is 12.0 Å². The number of rotatable bonds is 5. The van der Waals surface area contributed by atoms with E-state index in [4.69, 9.17) is 0 Å². The molecule has 0 heterocycles. The molecule has 0 unspecified atom stereocenters. The highest BCUT2D eigenvalue weighted by atomic mass is 32.2. The summed E-state index contributed by atoms with van der Waals surface area (Å²) in [5.41, 5.74) is 0.781. The fourth-order valence-electron chi connectivity index (χ4n) is 1.96. The third kappa shape index (κ3) is 3.37. The Labute approximate surface area is 117 Å². The molecule has 1 N–H and O–H groups in total. The molecule has 1 saturated carbocycles. The molecule has 2 aromatic rings. The first kappa shape index (κ1) is 12.7. The van der Waals surface area contributed by atoms with Crippen LogP contribution in [-0.4, -0.2) is 6.04 Å². The minimum Gasteiger partial charge on any atom is -0.310 e. The predicted octanol–water partition coefficient (Wildman–Crippen LogP) is 4.23. The Hall–Kier alpha value is -1.32. The van der Waals surface area contributed by atoms with E-state index in [-0.39, 0.29) is 5.82 Å². The van der Waals surface area contributed by atoms with Crippen LogP contribution in [0.4, 0.5) is 4.39 Å². The summed E-state index contributed by atoms with van der Waals surface area (Å²) in [6.07, 6.45) is 2.44. The van der Waals surface area contributed by atoms with E-state index >= 15 is 0 Å². The van der Waals surface area contributed by atoms with Crippen LogP contribution in [0.5, 0.6) is 0 Å². The summed E-state index contributed by atoms with van der Waals surface area (Å²) < 4.78 is 14.0. The zero-order valence-electron chi connectivity index (χ0n) is 10.6. The molecule has 0 bridgehead atoms.